The van der Waals surface area contributed by atoms with Crippen LogP contribution in [-0.4, -0.2) is 44.0 Å². The molecule has 0 unspecified atom stereocenters. The Hall–Kier alpha value is -3.42. The van der Waals surface area contributed by atoms with Crippen molar-refractivity contribution < 1.29 is 19.2 Å². The van der Waals surface area contributed by atoms with E-state index in [-0.39, 0.29) is 17.2 Å². The molecule has 0 saturated heterocycles. The summed E-state index contributed by atoms with van der Waals surface area (Å²) in [5.41, 5.74) is 2.11. The Balaban J connectivity index is 1.69. The number of amides is 1. The van der Waals surface area contributed by atoms with Crippen LogP contribution in [0.2, 0.25) is 0 Å². The number of ether oxygens (including phenoxy) is 1. The Labute approximate surface area is 156 Å². The number of anilines is 2. The van der Waals surface area contributed by atoms with E-state index < -0.39 is 17.5 Å². The summed E-state index contributed by atoms with van der Waals surface area (Å²) in [6, 6.07) is 11.7. The molecule has 1 aliphatic heterocycles. The van der Waals surface area contributed by atoms with Crippen LogP contribution in [-0.2, 0) is 16.0 Å². The highest BCUT2D eigenvalue weighted by Crippen LogP contribution is 2.29. The van der Waals surface area contributed by atoms with E-state index in [1.165, 1.54) is 12.1 Å². The molecule has 2 aromatic carbocycles. The van der Waals surface area contributed by atoms with Crippen LogP contribution in [0, 0.1) is 10.1 Å². The highest BCUT2D eigenvalue weighted by molar-refractivity contribution is 5.98. The fourth-order valence-corrected chi connectivity index (χ4v) is 3.06. The van der Waals surface area contributed by atoms with Gasteiger partial charge in [-0.25, -0.2) is 4.79 Å². The van der Waals surface area contributed by atoms with E-state index in [1.807, 2.05) is 24.3 Å². The summed E-state index contributed by atoms with van der Waals surface area (Å²) in [4.78, 5) is 38.5. The van der Waals surface area contributed by atoms with Crippen molar-refractivity contribution in [1.82, 2.24) is 0 Å². The van der Waals surface area contributed by atoms with Gasteiger partial charge in [-0.05, 0) is 30.2 Å². The zero-order valence-corrected chi connectivity index (χ0v) is 15.0. The fraction of sp³-hybridized carbons (Fsp3) is 0.263. The molecule has 1 aliphatic rings. The Kier molecular flexibility index (Phi) is 5.07. The van der Waals surface area contributed by atoms with Crippen molar-refractivity contribution in [3.63, 3.8) is 0 Å². The number of nitro groups is 1. The van der Waals surface area contributed by atoms with Crippen LogP contribution in [0.3, 0.4) is 0 Å². The van der Waals surface area contributed by atoms with Gasteiger partial charge in [-0.1, -0.05) is 18.2 Å². The molecule has 1 heterocycles. The number of esters is 1. The highest BCUT2D eigenvalue weighted by Gasteiger charge is 2.25. The van der Waals surface area contributed by atoms with Gasteiger partial charge in [0.25, 0.3) is 11.6 Å². The maximum atomic E-state index is 12.4. The van der Waals surface area contributed by atoms with Gasteiger partial charge in [-0.2, -0.15) is 0 Å². The van der Waals surface area contributed by atoms with Crippen LogP contribution in [0.25, 0.3) is 0 Å². The van der Waals surface area contributed by atoms with Crippen LogP contribution < -0.4 is 9.80 Å². The molecule has 0 radical (unpaired) electrons. The summed E-state index contributed by atoms with van der Waals surface area (Å²) in [6.07, 6.45) is 0.758. The first-order valence-corrected chi connectivity index (χ1v) is 8.39. The van der Waals surface area contributed by atoms with Crippen LogP contribution in [0.1, 0.15) is 15.9 Å². The first kappa shape index (κ1) is 18.4. The van der Waals surface area contributed by atoms with Gasteiger partial charge >= 0.3 is 5.97 Å². The van der Waals surface area contributed by atoms with Gasteiger partial charge in [-0.3, -0.25) is 14.9 Å². The zero-order valence-electron chi connectivity index (χ0n) is 15.0. The van der Waals surface area contributed by atoms with E-state index in [1.54, 1.807) is 23.9 Å². The first-order valence-electron chi connectivity index (χ1n) is 8.39. The predicted molar refractivity (Wildman–Crippen MR) is 100 cm³/mol. The second-order valence-electron chi connectivity index (χ2n) is 6.36. The van der Waals surface area contributed by atoms with Crippen molar-refractivity contribution in [2.24, 2.45) is 0 Å². The molecule has 0 aliphatic carbocycles. The molecule has 2 aromatic rings. The van der Waals surface area contributed by atoms with Gasteiger partial charge < -0.3 is 14.5 Å². The maximum absolute atomic E-state index is 12.4. The third-order valence-electron chi connectivity index (χ3n) is 4.40. The number of benzene rings is 2. The van der Waals surface area contributed by atoms with E-state index in [0.717, 1.165) is 23.7 Å². The monoisotopic (exact) mass is 369 g/mol. The number of nitro benzene ring substituents is 1. The molecule has 0 atom stereocenters. The molecule has 8 nitrogen and oxygen atoms in total. The van der Waals surface area contributed by atoms with Crippen molar-refractivity contribution in [2.45, 2.75) is 6.42 Å². The molecule has 3 rings (SSSR count). The normalized spacial score (nSPS) is 12.4. The minimum absolute atomic E-state index is 0.0296. The Bertz CT molecular complexity index is 910. The number of fused-ring (bicyclic) bond motifs is 1. The molecule has 140 valence electrons. The summed E-state index contributed by atoms with van der Waals surface area (Å²) in [6.45, 7) is 0.120. The summed E-state index contributed by atoms with van der Waals surface area (Å²) >= 11 is 0. The smallest absolute Gasteiger partial charge is 0.338 e. The molecular weight excluding hydrogens is 350 g/mol. The van der Waals surface area contributed by atoms with Crippen molar-refractivity contribution in [1.29, 1.82) is 0 Å². The molecule has 1 amide bonds. The number of carbonyl (C=O) groups excluding carboxylic acids is 2. The SMILES string of the molecule is CN(C)c1ccc(C(=O)OCC(=O)N2CCc3ccccc32)cc1[N+](=O)[O-]. The van der Waals surface area contributed by atoms with E-state index >= 15 is 0 Å². The highest BCUT2D eigenvalue weighted by atomic mass is 16.6. The standard InChI is InChI=1S/C19H19N3O5/c1-20(2)16-8-7-14(11-17(16)22(25)26)19(24)27-12-18(23)21-10-9-13-5-3-4-6-15(13)21/h3-8,11H,9-10,12H2,1-2H3. The Morgan fingerprint density at radius 3 is 2.67 bits per heavy atom. The summed E-state index contributed by atoms with van der Waals surface area (Å²) < 4.78 is 5.09. The average molecular weight is 369 g/mol. The van der Waals surface area contributed by atoms with Crippen molar-refractivity contribution >= 4 is 28.9 Å². The Morgan fingerprint density at radius 2 is 1.96 bits per heavy atom. The second-order valence-corrected chi connectivity index (χ2v) is 6.36. The number of carbonyl (C=O) groups is 2. The third-order valence-corrected chi connectivity index (χ3v) is 4.40. The lowest BCUT2D eigenvalue weighted by Crippen LogP contribution is -2.33. The lowest BCUT2D eigenvalue weighted by atomic mass is 10.1. The van der Waals surface area contributed by atoms with Gasteiger partial charge in [-0.15, -0.1) is 0 Å². The largest absolute Gasteiger partial charge is 0.452 e. The molecule has 0 fully saturated rings. The predicted octanol–water partition coefficient (Wildman–Crippen LogP) is 2.41. The van der Waals surface area contributed by atoms with Gasteiger partial charge in [0.05, 0.1) is 10.5 Å². The lowest BCUT2D eigenvalue weighted by molar-refractivity contribution is -0.384. The molecule has 0 bridgehead atoms. The summed E-state index contributed by atoms with van der Waals surface area (Å²) in [5, 5.41) is 11.2. The van der Waals surface area contributed by atoms with E-state index in [9.17, 15) is 19.7 Å². The number of hydrogen-bond donors (Lipinski definition) is 0. The minimum atomic E-state index is -0.774. The molecule has 0 aromatic heterocycles. The van der Waals surface area contributed by atoms with Gasteiger partial charge in [0.2, 0.25) is 0 Å². The molecule has 8 heteroatoms. The van der Waals surface area contributed by atoms with E-state index in [4.69, 9.17) is 4.74 Å². The van der Waals surface area contributed by atoms with Crippen LogP contribution in [0.5, 0.6) is 0 Å². The van der Waals surface area contributed by atoms with Crippen molar-refractivity contribution in [3.8, 4) is 0 Å². The van der Waals surface area contributed by atoms with E-state index in [0.29, 0.717) is 12.2 Å². The summed E-state index contributed by atoms with van der Waals surface area (Å²) in [7, 11) is 3.35. The van der Waals surface area contributed by atoms with Gasteiger partial charge in [0, 0.05) is 32.4 Å². The van der Waals surface area contributed by atoms with Gasteiger partial charge in [0.15, 0.2) is 6.61 Å². The van der Waals surface area contributed by atoms with Crippen molar-refractivity contribution in [2.75, 3.05) is 37.0 Å². The van der Waals surface area contributed by atoms with Crippen LogP contribution in [0.4, 0.5) is 17.1 Å². The van der Waals surface area contributed by atoms with Gasteiger partial charge in [0.1, 0.15) is 5.69 Å². The number of para-hydroxylation sites is 1. The van der Waals surface area contributed by atoms with E-state index in [2.05, 4.69) is 0 Å². The molecule has 0 N–H and O–H groups in total. The topological polar surface area (TPSA) is 93.0 Å². The first-order chi connectivity index (χ1) is 12.9. The molecule has 0 saturated carbocycles. The van der Waals surface area contributed by atoms with Crippen LogP contribution >= 0.6 is 0 Å². The Morgan fingerprint density at radius 1 is 1.22 bits per heavy atom. The maximum Gasteiger partial charge on any atom is 0.338 e. The third kappa shape index (κ3) is 3.74. The summed E-state index contributed by atoms with van der Waals surface area (Å²) in [5.74, 6) is -1.10. The van der Waals surface area contributed by atoms with Crippen LogP contribution in [0.15, 0.2) is 42.5 Å². The number of hydrogen-bond acceptors (Lipinski definition) is 6. The quantitative estimate of drug-likeness (QED) is 0.456. The molecular formula is C19H19N3O5. The number of nitrogens with zero attached hydrogens (tertiary/aromatic N) is 3. The molecule has 0 spiro atoms. The second kappa shape index (κ2) is 7.45. The average Bonchev–Trinajstić information content (AvgIpc) is 3.09. The number of rotatable bonds is 5. The minimum Gasteiger partial charge on any atom is -0.452 e. The zero-order chi connectivity index (χ0) is 19.6. The molecule has 27 heavy (non-hydrogen) atoms. The fourth-order valence-electron chi connectivity index (χ4n) is 3.06. The lowest BCUT2D eigenvalue weighted by Gasteiger charge is -2.17. The van der Waals surface area contributed by atoms with Crippen molar-refractivity contribution in [3.05, 3.63) is 63.7 Å².